The van der Waals surface area contributed by atoms with Crippen molar-refractivity contribution in [2.45, 2.75) is 0 Å². The number of amides is 1. The number of nitrogens with one attached hydrogen (secondary N) is 1. The second kappa shape index (κ2) is 4.98. The van der Waals surface area contributed by atoms with Crippen LogP contribution >= 0.6 is 0 Å². The standard InChI is InChI=1S/C12H11N3O2/c13-11-7-6-9(8-14-11)15-12(16)17-10-4-2-1-3-5-10/h1-8H,(H2,13,14)(H,15,16). The molecule has 0 aliphatic carbocycles. The van der Waals surface area contributed by atoms with Crippen molar-refractivity contribution in [3.05, 3.63) is 48.7 Å². The van der Waals surface area contributed by atoms with Crippen LogP contribution in [0.3, 0.4) is 0 Å². The number of aromatic nitrogens is 1. The number of hydrogen-bond donors (Lipinski definition) is 2. The molecular weight excluding hydrogens is 218 g/mol. The summed E-state index contributed by atoms with van der Waals surface area (Å²) in [5, 5.41) is 2.54. The summed E-state index contributed by atoms with van der Waals surface area (Å²) in [7, 11) is 0. The number of para-hydroxylation sites is 1. The zero-order valence-electron chi connectivity index (χ0n) is 8.96. The SMILES string of the molecule is Nc1ccc(NC(=O)Oc2ccccc2)cn1. The number of rotatable bonds is 2. The molecule has 2 aromatic rings. The molecule has 0 spiro atoms. The van der Waals surface area contributed by atoms with Crippen LogP contribution in [0.4, 0.5) is 16.3 Å². The van der Waals surface area contributed by atoms with Gasteiger partial charge in [-0.25, -0.2) is 9.78 Å². The number of nitrogens with zero attached hydrogens (tertiary/aromatic N) is 1. The number of nitrogen functional groups attached to an aromatic ring is 1. The van der Waals surface area contributed by atoms with Gasteiger partial charge < -0.3 is 10.5 Å². The quantitative estimate of drug-likeness (QED) is 0.828. The molecule has 0 saturated carbocycles. The number of anilines is 2. The Bertz CT molecular complexity index is 497. The van der Waals surface area contributed by atoms with Crippen LogP contribution in [-0.4, -0.2) is 11.1 Å². The summed E-state index contributed by atoms with van der Waals surface area (Å²) in [4.78, 5) is 15.3. The molecule has 0 atom stereocenters. The maximum Gasteiger partial charge on any atom is 0.417 e. The van der Waals surface area contributed by atoms with Gasteiger partial charge in [0.1, 0.15) is 11.6 Å². The van der Waals surface area contributed by atoms with Gasteiger partial charge in [0.2, 0.25) is 0 Å². The van der Waals surface area contributed by atoms with Crippen LogP contribution in [-0.2, 0) is 0 Å². The molecule has 1 heterocycles. The predicted octanol–water partition coefficient (Wildman–Crippen LogP) is 2.27. The highest BCUT2D eigenvalue weighted by molar-refractivity contribution is 5.86. The molecule has 5 heteroatoms. The third-order valence-electron chi connectivity index (χ3n) is 1.99. The summed E-state index contributed by atoms with van der Waals surface area (Å²) in [6, 6.07) is 12.0. The summed E-state index contributed by atoms with van der Waals surface area (Å²) < 4.78 is 5.04. The first-order chi connectivity index (χ1) is 8.24. The number of ether oxygens (including phenoxy) is 1. The summed E-state index contributed by atoms with van der Waals surface area (Å²) in [6.45, 7) is 0. The molecule has 1 aromatic heterocycles. The van der Waals surface area contributed by atoms with Crippen molar-refractivity contribution in [2.24, 2.45) is 0 Å². The predicted molar refractivity (Wildman–Crippen MR) is 64.7 cm³/mol. The third-order valence-corrected chi connectivity index (χ3v) is 1.99. The summed E-state index contributed by atoms with van der Waals surface area (Å²) >= 11 is 0. The Morgan fingerprint density at radius 1 is 1.18 bits per heavy atom. The summed E-state index contributed by atoms with van der Waals surface area (Å²) in [5.41, 5.74) is 5.95. The maximum atomic E-state index is 11.5. The van der Waals surface area contributed by atoms with Gasteiger partial charge in [-0.2, -0.15) is 0 Å². The molecular formula is C12H11N3O2. The summed E-state index contributed by atoms with van der Waals surface area (Å²) in [6.07, 6.45) is 0.893. The van der Waals surface area contributed by atoms with Crippen LogP contribution in [0, 0.1) is 0 Å². The molecule has 0 fully saturated rings. The Labute approximate surface area is 98.2 Å². The second-order valence-corrected chi connectivity index (χ2v) is 3.30. The summed E-state index contributed by atoms with van der Waals surface area (Å²) in [5.74, 6) is 0.875. The van der Waals surface area contributed by atoms with E-state index in [0.717, 1.165) is 0 Å². The molecule has 0 aliphatic rings. The topological polar surface area (TPSA) is 77.2 Å². The Morgan fingerprint density at radius 3 is 2.59 bits per heavy atom. The Kier molecular flexibility index (Phi) is 3.20. The smallest absolute Gasteiger partial charge is 0.410 e. The number of carbonyl (C=O) groups is 1. The molecule has 0 saturated heterocycles. The highest BCUT2D eigenvalue weighted by Crippen LogP contribution is 2.11. The van der Waals surface area contributed by atoms with Crippen molar-refractivity contribution >= 4 is 17.6 Å². The molecule has 0 aliphatic heterocycles. The third kappa shape index (κ3) is 3.20. The molecule has 0 radical (unpaired) electrons. The van der Waals surface area contributed by atoms with Gasteiger partial charge in [-0.1, -0.05) is 18.2 Å². The van der Waals surface area contributed by atoms with Gasteiger partial charge in [0.15, 0.2) is 0 Å². The van der Waals surface area contributed by atoms with Crippen LogP contribution < -0.4 is 15.8 Å². The van der Waals surface area contributed by atoms with E-state index < -0.39 is 6.09 Å². The van der Waals surface area contributed by atoms with Crippen LogP contribution in [0.15, 0.2) is 48.7 Å². The zero-order chi connectivity index (χ0) is 12.1. The first-order valence-electron chi connectivity index (χ1n) is 4.99. The van der Waals surface area contributed by atoms with Crippen LogP contribution in [0.25, 0.3) is 0 Å². The van der Waals surface area contributed by atoms with E-state index >= 15 is 0 Å². The van der Waals surface area contributed by atoms with E-state index in [0.29, 0.717) is 17.3 Å². The fourth-order valence-electron chi connectivity index (χ4n) is 1.22. The number of nitrogens with two attached hydrogens (primary N) is 1. The molecule has 1 aromatic carbocycles. The minimum atomic E-state index is -0.567. The fourth-order valence-corrected chi connectivity index (χ4v) is 1.22. The monoisotopic (exact) mass is 229 g/mol. The lowest BCUT2D eigenvalue weighted by Gasteiger charge is -2.05. The molecule has 86 valence electrons. The maximum absolute atomic E-state index is 11.5. The second-order valence-electron chi connectivity index (χ2n) is 3.30. The van der Waals surface area contributed by atoms with Gasteiger partial charge in [-0.3, -0.25) is 5.32 Å². The van der Waals surface area contributed by atoms with Gasteiger partial charge in [0.25, 0.3) is 0 Å². The number of carbonyl (C=O) groups excluding carboxylic acids is 1. The molecule has 2 rings (SSSR count). The molecule has 0 bridgehead atoms. The molecule has 3 N–H and O–H groups in total. The lowest BCUT2D eigenvalue weighted by molar-refractivity contribution is 0.215. The van der Waals surface area contributed by atoms with Gasteiger partial charge >= 0.3 is 6.09 Å². The van der Waals surface area contributed by atoms with E-state index in [9.17, 15) is 4.79 Å². The van der Waals surface area contributed by atoms with Crippen molar-refractivity contribution in [3.63, 3.8) is 0 Å². The molecule has 17 heavy (non-hydrogen) atoms. The Morgan fingerprint density at radius 2 is 1.94 bits per heavy atom. The van der Waals surface area contributed by atoms with Crippen molar-refractivity contribution in [1.82, 2.24) is 4.98 Å². The number of benzene rings is 1. The minimum absolute atomic E-state index is 0.395. The average Bonchev–Trinajstić information content (AvgIpc) is 2.33. The normalized spacial score (nSPS) is 9.65. The van der Waals surface area contributed by atoms with Crippen molar-refractivity contribution < 1.29 is 9.53 Å². The highest BCUT2D eigenvalue weighted by Gasteiger charge is 2.04. The first kappa shape index (κ1) is 10.9. The van der Waals surface area contributed by atoms with E-state index in [-0.39, 0.29) is 0 Å². The first-order valence-corrected chi connectivity index (χ1v) is 4.99. The van der Waals surface area contributed by atoms with E-state index in [1.54, 1.807) is 36.4 Å². The van der Waals surface area contributed by atoms with E-state index in [4.69, 9.17) is 10.5 Å². The average molecular weight is 229 g/mol. The largest absolute Gasteiger partial charge is 0.417 e. The number of pyridine rings is 1. The van der Waals surface area contributed by atoms with Gasteiger partial charge in [0.05, 0.1) is 11.9 Å². The van der Waals surface area contributed by atoms with Crippen LogP contribution in [0.2, 0.25) is 0 Å². The fraction of sp³-hybridized carbons (Fsp3) is 0. The van der Waals surface area contributed by atoms with Crippen molar-refractivity contribution in [3.8, 4) is 5.75 Å². The molecule has 5 nitrogen and oxygen atoms in total. The van der Waals surface area contributed by atoms with Crippen molar-refractivity contribution in [1.29, 1.82) is 0 Å². The van der Waals surface area contributed by atoms with Crippen LogP contribution in [0.5, 0.6) is 5.75 Å². The Hall–Kier alpha value is -2.56. The minimum Gasteiger partial charge on any atom is -0.410 e. The van der Waals surface area contributed by atoms with Gasteiger partial charge in [0, 0.05) is 0 Å². The van der Waals surface area contributed by atoms with E-state index in [1.165, 1.54) is 6.20 Å². The van der Waals surface area contributed by atoms with Crippen molar-refractivity contribution in [2.75, 3.05) is 11.1 Å². The Balaban J connectivity index is 1.96. The number of hydrogen-bond acceptors (Lipinski definition) is 4. The highest BCUT2D eigenvalue weighted by atomic mass is 16.6. The van der Waals surface area contributed by atoms with E-state index in [1.807, 2.05) is 6.07 Å². The van der Waals surface area contributed by atoms with Gasteiger partial charge in [-0.15, -0.1) is 0 Å². The lowest BCUT2D eigenvalue weighted by Crippen LogP contribution is -2.16. The van der Waals surface area contributed by atoms with E-state index in [2.05, 4.69) is 10.3 Å². The zero-order valence-corrected chi connectivity index (χ0v) is 8.96. The molecule has 0 unspecified atom stereocenters. The van der Waals surface area contributed by atoms with Crippen LogP contribution in [0.1, 0.15) is 0 Å². The van der Waals surface area contributed by atoms with Gasteiger partial charge in [-0.05, 0) is 24.3 Å². The molecule has 1 amide bonds. The lowest BCUT2D eigenvalue weighted by atomic mass is 10.3.